The third kappa shape index (κ3) is 20.0. The summed E-state index contributed by atoms with van der Waals surface area (Å²) in [5.41, 5.74) is 0. The summed E-state index contributed by atoms with van der Waals surface area (Å²) in [6.07, 6.45) is -7.77. The number of nitrogens with one attached hydrogen (secondary N) is 2. The van der Waals surface area contributed by atoms with Crippen molar-refractivity contribution in [3.05, 3.63) is 0 Å². The Morgan fingerprint density at radius 2 is 1.06 bits per heavy atom. The van der Waals surface area contributed by atoms with Crippen molar-refractivity contribution in [2.45, 2.75) is 133 Å². The molecule has 0 aromatic heterocycles. The van der Waals surface area contributed by atoms with Crippen LogP contribution in [-0.4, -0.2) is 161 Å². The lowest BCUT2D eigenvalue weighted by Gasteiger charge is -2.28. The molecule has 0 rings (SSSR count). The quantitative estimate of drug-likeness (QED) is 0.0267. The van der Waals surface area contributed by atoms with E-state index in [9.17, 15) is 45.0 Å². The van der Waals surface area contributed by atoms with Crippen LogP contribution in [0.1, 0.15) is 77.6 Å². The minimum absolute atomic E-state index is 0.100. The fraction of sp³-hybridized carbons (Fsp3) is 0.903. The molecule has 0 bridgehead atoms. The summed E-state index contributed by atoms with van der Waals surface area (Å²) in [6, 6.07) is -0.655. The maximum Gasteiger partial charge on any atom is 0.220 e. The van der Waals surface area contributed by atoms with Gasteiger partial charge < -0.3 is 70.4 Å². The topological polar surface area (TPSA) is 274 Å². The number of hydrogen-bond acceptors (Lipinski definition) is 15. The second-order valence-electron chi connectivity index (χ2n) is 11.6. The summed E-state index contributed by atoms with van der Waals surface area (Å²) in [5, 5.41) is 82.8. The van der Waals surface area contributed by atoms with Gasteiger partial charge in [0, 0.05) is 60.0 Å². The Morgan fingerprint density at radius 3 is 1.48 bits per heavy atom. The first-order chi connectivity index (χ1) is 22.8. The van der Waals surface area contributed by atoms with Gasteiger partial charge in [0.05, 0.1) is 18.2 Å². The molecule has 8 unspecified atom stereocenters. The Balaban J connectivity index is 4.19. The predicted molar refractivity (Wildman–Crippen MR) is 170 cm³/mol. The monoisotopic (exact) mass is 700 g/mol. The van der Waals surface area contributed by atoms with Crippen molar-refractivity contribution >= 4 is 17.6 Å². The number of rotatable bonds is 31. The molecule has 0 aromatic rings. The summed E-state index contributed by atoms with van der Waals surface area (Å²) in [4.78, 5) is 36.5. The molecular formula is C31H60N2O15. The molecule has 9 atom stereocenters. The third-order valence-electron chi connectivity index (χ3n) is 7.59. The van der Waals surface area contributed by atoms with E-state index >= 15 is 0 Å². The van der Waals surface area contributed by atoms with E-state index in [4.69, 9.17) is 29.2 Å². The number of ketones is 1. The van der Waals surface area contributed by atoms with Crippen molar-refractivity contribution in [1.82, 2.24) is 10.6 Å². The van der Waals surface area contributed by atoms with Gasteiger partial charge in [0.15, 0.2) is 18.4 Å². The molecule has 0 aliphatic rings. The van der Waals surface area contributed by atoms with Crippen molar-refractivity contribution in [1.29, 1.82) is 0 Å². The second kappa shape index (κ2) is 27.9. The van der Waals surface area contributed by atoms with Crippen molar-refractivity contribution in [2.24, 2.45) is 0 Å². The van der Waals surface area contributed by atoms with E-state index < -0.39 is 55.2 Å². The second-order valence-corrected chi connectivity index (χ2v) is 11.6. The van der Waals surface area contributed by atoms with Crippen molar-refractivity contribution in [3.63, 3.8) is 0 Å². The minimum Gasteiger partial charge on any atom is -0.396 e. The molecule has 0 spiro atoms. The van der Waals surface area contributed by atoms with E-state index in [0.29, 0.717) is 51.5 Å². The number of aliphatic hydroxyl groups is 8. The van der Waals surface area contributed by atoms with Gasteiger partial charge in [-0.05, 0) is 64.7 Å². The maximum absolute atomic E-state index is 12.4. The van der Waals surface area contributed by atoms with E-state index in [1.54, 1.807) is 0 Å². The van der Waals surface area contributed by atoms with E-state index in [0.717, 1.165) is 0 Å². The van der Waals surface area contributed by atoms with Crippen LogP contribution in [-0.2, 0) is 33.3 Å². The molecule has 0 radical (unpaired) electrons. The zero-order chi connectivity index (χ0) is 36.5. The van der Waals surface area contributed by atoms with Crippen molar-refractivity contribution in [2.75, 3.05) is 47.2 Å². The van der Waals surface area contributed by atoms with Crippen LogP contribution in [0, 0.1) is 0 Å². The SMILES string of the molecule is COC(OCCCCC(=O)NCCCC[C@H](NC(=O)CCCCOC(OC)C(O)C(O)C(O)CCO)C(C)=O)C(O)C(O)C(O)CCO. The van der Waals surface area contributed by atoms with Gasteiger partial charge in [-0.15, -0.1) is 0 Å². The molecule has 2 amide bonds. The molecular weight excluding hydrogens is 640 g/mol. The molecule has 17 heteroatoms. The lowest BCUT2D eigenvalue weighted by molar-refractivity contribution is -0.216. The number of carbonyl (C=O) groups excluding carboxylic acids is 3. The fourth-order valence-electron chi connectivity index (χ4n) is 4.60. The van der Waals surface area contributed by atoms with Gasteiger partial charge in [0.25, 0.3) is 0 Å². The van der Waals surface area contributed by atoms with Crippen LogP contribution < -0.4 is 10.6 Å². The summed E-state index contributed by atoms with van der Waals surface area (Å²) in [6.45, 7) is 1.31. The van der Waals surface area contributed by atoms with Gasteiger partial charge in [-0.25, -0.2) is 0 Å². The van der Waals surface area contributed by atoms with Gasteiger partial charge in [-0.1, -0.05) is 0 Å². The van der Waals surface area contributed by atoms with Crippen LogP contribution in [0.25, 0.3) is 0 Å². The van der Waals surface area contributed by atoms with Crippen LogP contribution in [0.4, 0.5) is 0 Å². The number of carbonyl (C=O) groups is 3. The normalized spacial score (nSPS) is 17.4. The Morgan fingerprint density at radius 1 is 0.604 bits per heavy atom. The largest absolute Gasteiger partial charge is 0.396 e. The third-order valence-corrected chi connectivity index (χ3v) is 7.59. The van der Waals surface area contributed by atoms with Crippen molar-refractivity contribution < 1.29 is 74.2 Å². The first-order valence-electron chi connectivity index (χ1n) is 16.5. The molecule has 0 aliphatic carbocycles. The summed E-state index contributed by atoms with van der Waals surface area (Å²) in [5.74, 6) is -0.654. The van der Waals surface area contributed by atoms with E-state index in [-0.39, 0.29) is 69.7 Å². The zero-order valence-electron chi connectivity index (χ0n) is 28.4. The van der Waals surface area contributed by atoms with Gasteiger partial charge in [0.1, 0.15) is 24.4 Å². The van der Waals surface area contributed by atoms with Crippen LogP contribution in [0.5, 0.6) is 0 Å². The molecule has 284 valence electrons. The van der Waals surface area contributed by atoms with Gasteiger partial charge in [-0.2, -0.15) is 0 Å². The van der Waals surface area contributed by atoms with Gasteiger partial charge >= 0.3 is 0 Å². The number of amides is 2. The standard InChI is InChI=1S/C31H60N2O15/c1-20(36)21(33-25(40)12-6-9-19-48-31(46-3)29(44)27(42)23(38)14-17-35)10-4-7-15-32-24(39)11-5-8-18-47-30(45-2)28(43)26(41)22(37)13-16-34/h21-23,26-31,34-35,37-38,41-44H,4-19H2,1-3H3,(H,32,39)(H,33,40)/t21-,22?,23?,26?,27?,28?,29?,30?,31?/m0/s1. The first kappa shape index (κ1) is 46.1. The number of Topliss-reactive ketones (excluding diaryl/α,β-unsaturated/α-hetero) is 1. The van der Waals surface area contributed by atoms with Gasteiger partial charge in [0.2, 0.25) is 11.8 Å². The number of hydrogen-bond donors (Lipinski definition) is 10. The number of methoxy groups -OCH3 is 2. The molecule has 0 aliphatic heterocycles. The average molecular weight is 701 g/mol. The number of unbranched alkanes of at least 4 members (excludes halogenated alkanes) is 3. The Bertz CT molecular complexity index is 855. The van der Waals surface area contributed by atoms with Crippen LogP contribution in [0.2, 0.25) is 0 Å². The lowest BCUT2D eigenvalue weighted by atomic mass is 10.1. The number of ether oxygens (including phenoxy) is 4. The molecule has 0 heterocycles. The molecule has 10 N–H and O–H groups in total. The molecule has 0 aromatic carbocycles. The van der Waals surface area contributed by atoms with Crippen molar-refractivity contribution in [3.8, 4) is 0 Å². The minimum atomic E-state index is -1.58. The predicted octanol–water partition coefficient (Wildman–Crippen LogP) is -2.40. The maximum atomic E-state index is 12.4. The van der Waals surface area contributed by atoms with Crippen LogP contribution in [0.3, 0.4) is 0 Å². The van der Waals surface area contributed by atoms with Crippen LogP contribution in [0.15, 0.2) is 0 Å². The average Bonchev–Trinajstić information content (AvgIpc) is 3.06. The highest BCUT2D eigenvalue weighted by molar-refractivity contribution is 5.87. The Hall–Kier alpha value is -1.87. The molecule has 0 fully saturated rings. The summed E-state index contributed by atoms with van der Waals surface area (Å²) >= 11 is 0. The highest BCUT2D eigenvalue weighted by atomic mass is 16.7. The summed E-state index contributed by atoms with van der Waals surface area (Å²) in [7, 11) is 2.54. The molecule has 0 saturated carbocycles. The highest BCUT2D eigenvalue weighted by Gasteiger charge is 2.33. The number of aliphatic hydroxyl groups excluding tert-OH is 8. The van der Waals surface area contributed by atoms with Crippen LogP contribution >= 0.6 is 0 Å². The smallest absolute Gasteiger partial charge is 0.220 e. The highest BCUT2D eigenvalue weighted by Crippen LogP contribution is 2.14. The van der Waals surface area contributed by atoms with E-state index in [1.807, 2.05) is 0 Å². The lowest BCUT2D eigenvalue weighted by Crippen LogP contribution is -2.46. The van der Waals surface area contributed by atoms with E-state index in [2.05, 4.69) is 10.6 Å². The first-order valence-corrected chi connectivity index (χ1v) is 16.5. The van der Waals surface area contributed by atoms with E-state index in [1.165, 1.54) is 21.1 Å². The molecule has 48 heavy (non-hydrogen) atoms. The molecule has 17 nitrogen and oxygen atoms in total. The fourth-order valence-corrected chi connectivity index (χ4v) is 4.60. The van der Waals surface area contributed by atoms with Gasteiger partial charge in [-0.3, -0.25) is 14.4 Å². The summed E-state index contributed by atoms with van der Waals surface area (Å²) < 4.78 is 20.8. The zero-order valence-corrected chi connectivity index (χ0v) is 28.4. The Labute approximate surface area is 282 Å². The Kier molecular flexibility index (Phi) is 26.8. The molecule has 0 saturated heterocycles.